The quantitative estimate of drug-likeness (QED) is 0.435. The average molecular weight is 409 g/mol. The van der Waals surface area contributed by atoms with Crippen LogP contribution in [0.1, 0.15) is 16.7 Å². The molecule has 0 bridgehead atoms. The zero-order valence-electron chi connectivity index (χ0n) is 15.9. The fraction of sp³-hybridized carbons (Fsp3) is 0.130. The first-order valence-electron chi connectivity index (χ1n) is 9.29. The fourth-order valence-electron chi connectivity index (χ4n) is 3.09. The molecular weight excluding hydrogens is 391 g/mol. The molecule has 0 aliphatic rings. The summed E-state index contributed by atoms with van der Waals surface area (Å²) in [7, 11) is 0. The van der Waals surface area contributed by atoms with E-state index >= 15 is 0 Å². The van der Waals surface area contributed by atoms with E-state index in [9.17, 15) is 13.2 Å². The van der Waals surface area contributed by atoms with Crippen molar-refractivity contribution < 1.29 is 17.9 Å². The Hall–Kier alpha value is -3.61. The van der Waals surface area contributed by atoms with Crippen molar-refractivity contribution in [3.63, 3.8) is 0 Å². The molecule has 0 amide bonds. The van der Waals surface area contributed by atoms with Gasteiger partial charge in [-0.2, -0.15) is 13.2 Å². The summed E-state index contributed by atoms with van der Waals surface area (Å²) in [5.41, 5.74) is 1.70. The Bertz CT molecular complexity index is 1150. The van der Waals surface area contributed by atoms with Gasteiger partial charge in [0.2, 0.25) is 0 Å². The third-order valence-corrected chi connectivity index (χ3v) is 4.63. The molecule has 4 aromatic rings. The molecule has 0 aliphatic carbocycles. The number of benzene rings is 3. The first-order valence-corrected chi connectivity index (χ1v) is 9.29. The summed E-state index contributed by atoms with van der Waals surface area (Å²) in [5.74, 6) is 0.178. The van der Waals surface area contributed by atoms with E-state index in [0.717, 1.165) is 22.5 Å². The van der Waals surface area contributed by atoms with Gasteiger partial charge in [0, 0.05) is 23.8 Å². The normalized spacial score (nSPS) is 11.4. The lowest BCUT2D eigenvalue weighted by atomic mass is 10.1. The molecule has 4 rings (SSSR count). The van der Waals surface area contributed by atoms with Crippen LogP contribution in [0.25, 0.3) is 10.9 Å². The number of nitrogens with one attached hydrogen (secondary N) is 1. The maximum absolute atomic E-state index is 13.6. The number of nitrogens with zero attached hydrogens (tertiary/aromatic N) is 2. The molecule has 1 heterocycles. The van der Waals surface area contributed by atoms with Crippen LogP contribution in [0.5, 0.6) is 5.75 Å². The summed E-state index contributed by atoms with van der Waals surface area (Å²) in [5, 5.41) is 3.90. The van der Waals surface area contributed by atoms with Crippen molar-refractivity contribution in [3.8, 4) is 5.75 Å². The van der Waals surface area contributed by atoms with Gasteiger partial charge < -0.3 is 10.1 Å². The SMILES string of the molecule is FC(F)(F)c1cc(OCc2ccccc2)ccc1CNc1ccc2cncnc2c1. The standard InChI is InChI=1S/C23H18F3N3O/c24-23(25,26)21-11-20(30-14-16-4-2-1-3-5-16)9-7-17(21)13-28-19-8-6-18-12-27-15-29-22(18)10-19/h1-12,15,28H,13-14H2. The van der Waals surface area contributed by atoms with E-state index in [2.05, 4.69) is 15.3 Å². The molecule has 3 aromatic carbocycles. The summed E-state index contributed by atoms with van der Waals surface area (Å²) in [6.07, 6.45) is -1.37. The second-order valence-corrected chi connectivity index (χ2v) is 6.74. The van der Waals surface area contributed by atoms with Crippen molar-refractivity contribution in [2.24, 2.45) is 0 Å². The van der Waals surface area contributed by atoms with E-state index < -0.39 is 11.7 Å². The van der Waals surface area contributed by atoms with Gasteiger partial charge in [-0.1, -0.05) is 36.4 Å². The summed E-state index contributed by atoms with van der Waals surface area (Å²) in [6, 6.07) is 18.7. The lowest BCUT2D eigenvalue weighted by Crippen LogP contribution is -2.12. The number of aromatic nitrogens is 2. The molecule has 0 spiro atoms. The highest BCUT2D eigenvalue weighted by Crippen LogP contribution is 2.35. The van der Waals surface area contributed by atoms with Gasteiger partial charge >= 0.3 is 6.18 Å². The van der Waals surface area contributed by atoms with Gasteiger partial charge in [0.1, 0.15) is 18.7 Å². The first kappa shape index (κ1) is 19.7. The van der Waals surface area contributed by atoms with Crippen molar-refractivity contribution in [2.75, 3.05) is 5.32 Å². The number of ether oxygens (including phenoxy) is 1. The van der Waals surface area contributed by atoms with Gasteiger partial charge in [0.05, 0.1) is 11.1 Å². The Labute approximate surface area is 171 Å². The van der Waals surface area contributed by atoms with Crippen LogP contribution < -0.4 is 10.1 Å². The van der Waals surface area contributed by atoms with Crippen LogP contribution in [0.2, 0.25) is 0 Å². The number of halogens is 3. The molecule has 0 aliphatic heterocycles. The highest BCUT2D eigenvalue weighted by atomic mass is 19.4. The molecule has 0 saturated heterocycles. The van der Waals surface area contributed by atoms with Crippen molar-refractivity contribution in [3.05, 3.63) is 95.9 Å². The van der Waals surface area contributed by atoms with Crippen LogP contribution in [0.3, 0.4) is 0 Å². The zero-order chi connectivity index (χ0) is 21.0. The lowest BCUT2D eigenvalue weighted by molar-refractivity contribution is -0.138. The molecule has 0 fully saturated rings. The average Bonchev–Trinajstić information content (AvgIpc) is 2.76. The minimum atomic E-state index is -4.49. The third kappa shape index (κ3) is 4.68. The van der Waals surface area contributed by atoms with E-state index in [1.807, 2.05) is 36.4 Å². The van der Waals surface area contributed by atoms with Crippen LogP contribution in [0, 0.1) is 0 Å². The van der Waals surface area contributed by atoms with Crippen LogP contribution in [0.4, 0.5) is 18.9 Å². The first-order chi connectivity index (χ1) is 14.5. The van der Waals surface area contributed by atoms with E-state index in [4.69, 9.17) is 4.74 Å². The Morgan fingerprint density at radius 3 is 2.57 bits per heavy atom. The Morgan fingerprint density at radius 2 is 1.77 bits per heavy atom. The van der Waals surface area contributed by atoms with E-state index in [0.29, 0.717) is 5.69 Å². The van der Waals surface area contributed by atoms with Crippen LogP contribution in [-0.2, 0) is 19.3 Å². The number of alkyl halides is 3. The predicted molar refractivity (Wildman–Crippen MR) is 109 cm³/mol. The number of rotatable bonds is 6. The third-order valence-electron chi connectivity index (χ3n) is 4.63. The van der Waals surface area contributed by atoms with Crippen LogP contribution in [-0.4, -0.2) is 9.97 Å². The highest BCUT2D eigenvalue weighted by molar-refractivity contribution is 5.81. The highest BCUT2D eigenvalue weighted by Gasteiger charge is 2.33. The van der Waals surface area contributed by atoms with E-state index in [1.54, 1.807) is 24.4 Å². The van der Waals surface area contributed by atoms with Gasteiger partial charge in [-0.05, 0) is 41.5 Å². The smallest absolute Gasteiger partial charge is 0.416 e. The Morgan fingerprint density at radius 1 is 0.933 bits per heavy atom. The van der Waals surface area contributed by atoms with Crippen molar-refractivity contribution in [1.82, 2.24) is 9.97 Å². The molecule has 7 heteroatoms. The van der Waals surface area contributed by atoms with Crippen LogP contribution >= 0.6 is 0 Å². The molecule has 1 N–H and O–H groups in total. The topological polar surface area (TPSA) is 47.0 Å². The number of fused-ring (bicyclic) bond motifs is 1. The minimum absolute atomic E-state index is 0.0183. The lowest BCUT2D eigenvalue weighted by Gasteiger charge is -2.16. The monoisotopic (exact) mass is 409 g/mol. The van der Waals surface area contributed by atoms with E-state index in [1.165, 1.54) is 12.4 Å². The van der Waals surface area contributed by atoms with Gasteiger partial charge in [-0.25, -0.2) is 9.97 Å². The minimum Gasteiger partial charge on any atom is -0.489 e. The predicted octanol–water partition coefficient (Wildman–Crippen LogP) is 5.84. The summed E-state index contributed by atoms with van der Waals surface area (Å²) >= 11 is 0. The number of hydrogen-bond acceptors (Lipinski definition) is 4. The molecule has 0 radical (unpaired) electrons. The molecule has 0 atom stereocenters. The summed E-state index contributed by atoms with van der Waals surface area (Å²) in [6.45, 7) is 0.221. The molecular formula is C23H18F3N3O. The molecule has 30 heavy (non-hydrogen) atoms. The Balaban J connectivity index is 1.51. The van der Waals surface area contributed by atoms with Crippen molar-refractivity contribution >= 4 is 16.6 Å². The maximum Gasteiger partial charge on any atom is 0.416 e. The van der Waals surface area contributed by atoms with Gasteiger partial charge in [-0.15, -0.1) is 0 Å². The maximum atomic E-state index is 13.6. The second-order valence-electron chi connectivity index (χ2n) is 6.74. The largest absolute Gasteiger partial charge is 0.489 e. The number of anilines is 1. The summed E-state index contributed by atoms with van der Waals surface area (Å²) < 4.78 is 46.4. The molecule has 0 unspecified atom stereocenters. The molecule has 1 aromatic heterocycles. The van der Waals surface area contributed by atoms with E-state index in [-0.39, 0.29) is 24.5 Å². The van der Waals surface area contributed by atoms with Crippen molar-refractivity contribution in [2.45, 2.75) is 19.3 Å². The van der Waals surface area contributed by atoms with Crippen LogP contribution in [0.15, 0.2) is 79.3 Å². The zero-order valence-corrected chi connectivity index (χ0v) is 15.9. The summed E-state index contributed by atoms with van der Waals surface area (Å²) in [4.78, 5) is 8.11. The molecule has 0 saturated carbocycles. The van der Waals surface area contributed by atoms with Gasteiger partial charge in [-0.3, -0.25) is 0 Å². The van der Waals surface area contributed by atoms with Gasteiger partial charge in [0.25, 0.3) is 0 Å². The Kier molecular flexibility index (Phi) is 5.52. The number of hydrogen-bond donors (Lipinski definition) is 1. The second kappa shape index (κ2) is 8.41. The van der Waals surface area contributed by atoms with Crippen molar-refractivity contribution in [1.29, 1.82) is 0 Å². The molecule has 4 nitrogen and oxygen atoms in total. The van der Waals surface area contributed by atoms with Gasteiger partial charge in [0.15, 0.2) is 0 Å². The molecule has 152 valence electrons. The fourth-order valence-corrected chi connectivity index (χ4v) is 3.09.